The van der Waals surface area contributed by atoms with E-state index in [1.807, 2.05) is 24.8 Å². The van der Waals surface area contributed by atoms with Crippen molar-refractivity contribution < 1.29 is 14.6 Å². The minimum atomic E-state index is -0.271. The predicted molar refractivity (Wildman–Crippen MR) is 87.4 cm³/mol. The van der Waals surface area contributed by atoms with Gasteiger partial charge in [-0.1, -0.05) is 0 Å². The second-order valence-electron chi connectivity index (χ2n) is 6.57. The van der Waals surface area contributed by atoms with Gasteiger partial charge in [0.15, 0.2) is 0 Å². The zero-order chi connectivity index (χ0) is 15.9. The average Bonchev–Trinajstić information content (AvgIpc) is 2.86. The largest absolute Gasteiger partial charge is 0.392 e. The Bertz CT molecular complexity index is 539. The van der Waals surface area contributed by atoms with E-state index in [2.05, 4.69) is 6.92 Å². The van der Waals surface area contributed by atoms with Crippen LogP contribution in [0.5, 0.6) is 0 Å². The molecular formula is C17H25NO3S. The van der Waals surface area contributed by atoms with Crippen molar-refractivity contribution in [2.45, 2.75) is 52.2 Å². The van der Waals surface area contributed by atoms with Crippen LogP contribution in [-0.2, 0) is 4.74 Å². The van der Waals surface area contributed by atoms with Crippen LogP contribution in [0, 0.1) is 19.3 Å². The fourth-order valence-corrected chi connectivity index (χ4v) is 4.78. The lowest BCUT2D eigenvalue weighted by molar-refractivity contribution is -0.207. The number of aliphatic hydroxyl groups is 1. The van der Waals surface area contributed by atoms with E-state index >= 15 is 0 Å². The topological polar surface area (TPSA) is 49.8 Å². The minimum absolute atomic E-state index is 0.117. The van der Waals surface area contributed by atoms with E-state index in [1.54, 1.807) is 11.3 Å². The van der Waals surface area contributed by atoms with E-state index < -0.39 is 0 Å². The highest BCUT2D eigenvalue weighted by molar-refractivity contribution is 7.14. The number of carbonyl (C=O) groups is 1. The number of hydrogen-bond acceptors (Lipinski definition) is 4. The van der Waals surface area contributed by atoms with Crippen LogP contribution in [0.2, 0.25) is 0 Å². The number of carbonyl (C=O) groups excluding carboxylic acids is 1. The molecule has 2 aliphatic rings. The molecule has 0 bridgehead atoms. The van der Waals surface area contributed by atoms with Crippen LogP contribution in [-0.4, -0.2) is 47.8 Å². The summed E-state index contributed by atoms with van der Waals surface area (Å²) >= 11 is 1.58. The molecule has 1 aliphatic carbocycles. The number of hydrogen-bond donors (Lipinski definition) is 1. The molecule has 5 heteroatoms. The first-order valence-electron chi connectivity index (χ1n) is 8.14. The number of rotatable bonds is 3. The number of aryl methyl sites for hydroxylation is 2. The highest BCUT2D eigenvalue weighted by atomic mass is 32.1. The summed E-state index contributed by atoms with van der Waals surface area (Å²) in [5, 5.41) is 10.2. The molecular weight excluding hydrogens is 298 g/mol. The summed E-state index contributed by atoms with van der Waals surface area (Å²) < 4.78 is 5.78. The van der Waals surface area contributed by atoms with Crippen LogP contribution in [0.25, 0.3) is 0 Å². The van der Waals surface area contributed by atoms with Gasteiger partial charge in [-0.3, -0.25) is 4.79 Å². The molecule has 4 nitrogen and oxygen atoms in total. The summed E-state index contributed by atoms with van der Waals surface area (Å²) in [6, 6.07) is 1.99. The van der Waals surface area contributed by atoms with Crippen molar-refractivity contribution in [2.75, 3.05) is 19.7 Å². The van der Waals surface area contributed by atoms with Crippen LogP contribution >= 0.6 is 11.3 Å². The molecule has 2 fully saturated rings. The van der Waals surface area contributed by atoms with Crippen LogP contribution in [0.3, 0.4) is 0 Å². The number of likely N-dealkylation sites (tertiary alicyclic amines) is 1. The Labute approximate surface area is 136 Å². The third kappa shape index (κ3) is 2.49. The van der Waals surface area contributed by atoms with Crippen molar-refractivity contribution in [2.24, 2.45) is 5.41 Å². The van der Waals surface area contributed by atoms with E-state index in [4.69, 9.17) is 4.74 Å². The summed E-state index contributed by atoms with van der Waals surface area (Å²) in [5.41, 5.74) is 1.07. The standard InChI is InChI=1S/C17H25NO3S/c1-4-21-15-10-14(19)17(15)5-7-18(8-6-17)16(20)13-9-11(2)12(3)22-13/h9,14-15,19H,4-8,10H2,1-3H3/t14-,15+/m1/s1. The molecule has 1 amide bonds. The molecule has 1 aromatic heterocycles. The van der Waals surface area contributed by atoms with Crippen LogP contribution in [0.4, 0.5) is 0 Å². The zero-order valence-electron chi connectivity index (χ0n) is 13.6. The molecule has 0 radical (unpaired) electrons. The molecule has 122 valence electrons. The molecule has 1 N–H and O–H groups in total. The second-order valence-corrected chi connectivity index (χ2v) is 7.83. The third-order valence-corrected chi connectivity index (χ3v) is 6.61. The fourth-order valence-electron chi connectivity index (χ4n) is 3.78. The average molecular weight is 323 g/mol. The molecule has 1 saturated heterocycles. The minimum Gasteiger partial charge on any atom is -0.392 e. The molecule has 2 atom stereocenters. The van der Waals surface area contributed by atoms with Crippen LogP contribution in [0.15, 0.2) is 6.07 Å². The van der Waals surface area contributed by atoms with Crippen molar-refractivity contribution in [1.82, 2.24) is 4.90 Å². The highest BCUT2D eigenvalue weighted by Crippen LogP contribution is 2.51. The van der Waals surface area contributed by atoms with Gasteiger partial charge in [0, 0.05) is 36.4 Å². The molecule has 2 heterocycles. The molecule has 3 rings (SSSR count). The molecule has 0 aromatic carbocycles. The van der Waals surface area contributed by atoms with E-state index in [0.717, 1.165) is 37.2 Å². The number of piperidine rings is 1. The molecule has 1 aromatic rings. The van der Waals surface area contributed by atoms with Gasteiger partial charge in [-0.2, -0.15) is 0 Å². The lowest BCUT2D eigenvalue weighted by Gasteiger charge is -2.56. The summed E-state index contributed by atoms with van der Waals surface area (Å²) in [6.45, 7) is 8.23. The fraction of sp³-hybridized carbons (Fsp3) is 0.706. The van der Waals surface area contributed by atoms with Gasteiger partial charge in [0.05, 0.1) is 17.1 Å². The number of ether oxygens (including phenoxy) is 1. The van der Waals surface area contributed by atoms with E-state index in [0.29, 0.717) is 6.61 Å². The van der Waals surface area contributed by atoms with Gasteiger partial charge >= 0.3 is 0 Å². The Hall–Kier alpha value is -0.910. The molecule has 1 aliphatic heterocycles. The summed E-state index contributed by atoms with van der Waals surface area (Å²) in [6.07, 6.45) is 2.32. The van der Waals surface area contributed by atoms with E-state index in [9.17, 15) is 9.90 Å². The molecule has 22 heavy (non-hydrogen) atoms. The quantitative estimate of drug-likeness (QED) is 0.930. The summed E-state index contributed by atoms with van der Waals surface area (Å²) in [7, 11) is 0. The monoisotopic (exact) mass is 323 g/mol. The maximum absolute atomic E-state index is 12.6. The van der Waals surface area contributed by atoms with Gasteiger partial charge < -0.3 is 14.7 Å². The van der Waals surface area contributed by atoms with E-state index in [-0.39, 0.29) is 23.5 Å². The third-order valence-electron chi connectivity index (χ3n) is 5.47. The molecule has 1 saturated carbocycles. The van der Waals surface area contributed by atoms with Gasteiger partial charge in [0.25, 0.3) is 5.91 Å². The Morgan fingerprint density at radius 3 is 2.64 bits per heavy atom. The van der Waals surface area contributed by atoms with Crippen molar-refractivity contribution in [1.29, 1.82) is 0 Å². The first-order chi connectivity index (χ1) is 10.5. The second kappa shape index (κ2) is 5.95. The lowest BCUT2D eigenvalue weighted by Crippen LogP contribution is -2.62. The van der Waals surface area contributed by atoms with Gasteiger partial charge in [-0.25, -0.2) is 0 Å². The maximum atomic E-state index is 12.6. The first kappa shape index (κ1) is 16.0. The molecule has 0 unspecified atom stereocenters. The summed E-state index contributed by atoms with van der Waals surface area (Å²) in [5.74, 6) is 0.137. The van der Waals surface area contributed by atoms with Gasteiger partial charge in [0.2, 0.25) is 0 Å². The first-order valence-corrected chi connectivity index (χ1v) is 8.95. The van der Waals surface area contributed by atoms with Crippen molar-refractivity contribution in [3.05, 3.63) is 21.4 Å². The number of aliphatic hydroxyl groups excluding tert-OH is 1. The Morgan fingerprint density at radius 1 is 1.45 bits per heavy atom. The Kier molecular flexibility index (Phi) is 4.32. The van der Waals surface area contributed by atoms with Crippen LogP contribution in [0.1, 0.15) is 46.3 Å². The van der Waals surface area contributed by atoms with Crippen LogP contribution < -0.4 is 0 Å². The SMILES string of the molecule is CCO[C@H]1C[C@@H](O)C12CCN(C(=O)c1cc(C)c(C)s1)CC2. The van der Waals surface area contributed by atoms with Gasteiger partial charge in [-0.15, -0.1) is 11.3 Å². The predicted octanol–water partition coefficient (Wildman–Crippen LogP) is 2.76. The number of amides is 1. The lowest BCUT2D eigenvalue weighted by atomic mass is 9.58. The number of thiophene rings is 1. The van der Waals surface area contributed by atoms with Gasteiger partial charge in [-0.05, 0) is 45.2 Å². The van der Waals surface area contributed by atoms with Crippen molar-refractivity contribution in [3.8, 4) is 0 Å². The Morgan fingerprint density at radius 2 is 2.14 bits per heavy atom. The summed E-state index contributed by atoms with van der Waals surface area (Å²) in [4.78, 5) is 16.6. The maximum Gasteiger partial charge on any atom is 0.263 e. The van der Waals surface area contributed by atoms with Crippen molar-refractivity contribution in [3.63, 3.8) is 0 Å². The van der Waals surface area contributed by atoms with E-state index in [1.165, 1.54) is 10.4 Å². The normalized spacial score (nSPS) is 27.0. The Balaban J connectivity index is 1.65. The van der Waals surface area contributed by atoms with Crippen molar-refractivity contribution >= 4 is 17.2 Å². The molecule has 1 spiro atoms. The number of nitrogens with zero attached hydrogens (tertiary/aromatic N) is 1. The zero-order valence-corrected chi connectivity index (χ0v) is 14.4. The van der Waals surface area contributed by atoms with Gasteiger partial charge in [0.1, 0.15) is 0 Å². The smallest absolute Gasteiger partial charge is 0.263 e. The highest BCUT2D eigenvalue weighted by Gasteiger charge is 2.56.